The fourth-order valence-corrected chi connectivity index (χ4v) is 2.74. The van der Waals surface area contributed by atoms with Gasteiger partial charge in [-0.1, -0.05) is 24.3 Å². The SMILES string of the molecule is CN(Cc1ccc(N(C)C)cc1)C(=O)NC[C@@H]1COc2ccccc2O1. The second-order valence-corrected chi connectivity index (χ2v) is 6.60. The summed E-state index contributed by atoms with van der Waals surface area (Å²) >= 11 is 0. The first-order valence-corrected chi connectivity index (χ1v) is 8.66. The molecule has 0 fully saturated rings. The Labute approximate surface area is 154 Å². The zero-order chi connectivity index (χ0) is 18.5. The van der Waals surface area contributed by atoms with Crippen LogP contribution < -0.4 is 19.7 Å². The molecule has 26 heavy (non-hydrogen) atoms. The van der Waals surface area contributed by atoms with Crippen LogP contribution >= 0.6 is 0 Å². The minimum atomic E-state index is -0.193. The molecule has 6 nitrogen and oxygen atoms in total. The Hall–Kier alpha value is -2.89. The Balaban J connectivity index is 1.47. The van der Waals surface area contributed by atoms with Gasteiger partial charge in [0, 0.05) is 33.4 Å². The van der Waals surface area contributed by atoms with Crippen molar-refractivity contribution in [2.45, 2.75) is 12.6 Å². The number of anilines is 1. The van der Waals surface area contributed by atoms with E-state index in [-0.39, 0.29) is 12.1 Å². The fraction of sp³-hybridized carbons (Fsp3) is 0.350. The normalized spacial score (nSPS) is 15.3. The molecule has 0 spiro atoms. The van der Waals surface area contributed by atoms with E-state index in [0.717, 1.165) is 17.0 Å². The van der Waals surface area contributed by atoms with Crippen molar-refractivity contribution in [2.24, 2.45) is 0 Å². The molecule has 6 heteroatoms. The number of nitrogens with one attached hydrogen (secondary N) is 1. The smallest absolute Gasteiger partial charge is 0.317 e. The summed E-state index contributed by atoms with van der Waals surface area (Å²) in [5.74, 6) is 1.46. The third-order valence-corrected chi connectivity index (χ3v) is 4.27. The predicted molar refractivity (Wildman–Crippen MR) is 102 cm³/mol. The Bertz CT molecular complexity index is 746. The highest BCUT2D eigenvalue weighted by atomic mass is 16.6. The highest BCUT2D eigenvalue weighted by molar-refractivity contribution is 5.73. The lowest BCUT2D eigenvalue weighted by Crippen LogP contribution is -2.44. The minimum absolute atomic E-state index is 0.135. The van der Waals surface area contributed by atoms with Gasteiger partial charge in [-0.25, -0.2) is 4.79 Å². The molecule has 1 atom stereocenters. The Kier molecular flexibility index (Phi) is 5.51. The number of nitrogens with zero attached hydrogens (tertiary/aromatic N) is 2. The number of carbonyl (C=O) groups is 1. The van der Waals surface area contributed by atoms with Crippen molar-refractivity contribution in [3.05, 3.63) is 54.1 Å². The first kappa shape index (κ1) is 17.9. The maximum Gasteiger partial charge on any atom is 0.317 e. The molecule has 0 aliphatic carbocycles. The molecule has 1 N–H and O–H groups in total. The fourth-order valence-electron chi connectivity index (χ4n) is 2.74. The van der Waals surface area contributed by atoms with Crippen LogP contribution in [0.3, 0.4) is 0 Å². The van der Waals surface area contributed by atoms with Gasteiger partial charge < -0.3 is 24.6 Å². The van der Waals surface area contributed by atoms with E-state index in [9.17, 15) is 4.79 Å². The van der Waals surface area contributed by atoms with Gasteiger partial charge in [0.05, 0.1) is 6.54 Å². The lowest BCUT2D eigenvalue weighted by atomic mass is 10.2. The summed E-state index contributed by atoms with van der Waals surface area (Å²) in [7, 11) is 5.79. The second-order valence-electron chi connectivity index (χ2n) is 6.60. The average Bonchev–Trinajstić information content (AvgIpc) is 2.66. The number of ether oxygens (including phenoxy) is 2. The number of hydrogen-bond acceptors (Lipinski definition) is 4. The molecule has 1 aliphatic rings. The summed E-state index contributed by atoms with van der Waals surface area (Å²) in [6.07, 6.45) is -0.193. The van der Waals surface area contributed by atoms with E-state index in [2.05, 4.69) is 5.32 Å². The van der Waals surface area contributed by atoms with Crippen LogP contribution in [-0.4, -0.2) is 51.3 Å². The van der Waals surface area contributed by atoms with Crippen molar-refractivity contribution < 1.29 is 14.3 Å². The van der Waals surface area contributed by atoms with Crippen molar-refractivity contribution in [1.82, 2.24) is 10.2 Å². The number of para-hydroxylation sites is 2. The summed E-state index contributed by atoms with van der Waals surface area (Å²) in [5, 5.41) is 2.91. The largest absolute Gasteiger partial charge is 0.486 e. The van der Waals surface area contributed by atoms with Gasteiger partial charge >= 0.3 is 6.03 Å². The van der Waals surface area contributed by atoms with Crippen molar-refractivity contribution in [3.8, 4) is 11.5 Å². The quantitative estimate of drug-likeness (QED) is 0.896. The van der Waals surface area contributed by atoms with Gasteiger partial charge in [-0.2, -0.15) is 0 Å². The lowest BCUT2D eigenvalue weighted by Gasteiger charge is -2.27. The Morgan fingerprint density at radius 3 is 2.46 bits per heavy atom. The number of benzene rings is 2. The van der Waals surface area contributed by atoms with Crippen molar-refractivity contribution in [3.63, 3.8) is 0 Å². The summed E-state index contributed by atoms with van der Waals surface area (Å²) in [4.78, 5) is 16.0. The molecule has 1 heterocycles. The van der Waals surface area contributed by atoms with Gasteiger partial charge in [0.25, 0.3) is 0 Å². The van der Waals surface area contributed by atoms with E-state index in [4.69, 9.17) is 9.47 Å². The van der Waals surface area contributed by atoms with Crippen LogP contribution in [-0.2, 0) is 6.54 Å². The number of amides is 2. The number of hydrogen-bond donors (Lipinski definition) is 1. The van der Waals surface area contributed by atoms with Crippen LogP contribution in [0.1, 0.15) is 5.56 Å². The van der Waals surface area contributed by atoms with Crippen LogP contribution in [0.4, 0.5) is 10.5 Å². The van der Waals surface area contributed by atoms with E-state index >= 15 is 0 Å². The van der Waals surface area contributed by atoms with Gasteiger partial charge in [-0.3, -0.25) is 0 Å². The van der Waals surface area contributed by atoms with Crippen molar-refractivity contribution in [1.29, 1.82) is 0 Å². The molecule has 0 saturated carbocycles. The van der Waals surface area contributed by atoms with Crippen LogP contribution in [0.2, 0.25) is 0 Å². The van der Waals surface area contributed by atoms with Gasteiger partial charge in [-0.05, 0) is 29.8 Å². The molecule has 2 amide bonds. The molecule has 138 valence electrons. The van der Waals surface area contributed by atoms with Gasteiger partial charge in [0.15, 0.2) is 17.6 Å². The first-order chi connectivity index (χ1) is 12.5. The summed E-state index contributed by atoms with van der Waals surface area (Å²) in [6, 6.07) is 15.6. The van der Waals surface area contributed by atoms with Gasteiger partial charge in [-0.15, -0.1) is 0 Å². The van der Waals surface area contributed by atoms with Crippen LogP contribution in [0, 0.1) is 0 Å². The van der Waals surface area contributed by atoms with E-state index in [1.807, 2.05) is 67.5 Å². The molecule has 0 saturated heterocycles. The van der Waals surface area contributed by atoms with E-state index in [1.165, 1.54) is 0 Å². The molecule has 2 aromatic carbocycles. The predicted octanol–water partition coefficient (Wildman–Crippen LogP) is 2.73. The van der Waals surface area contributed by atoms with Gasteiger partial charge in [0.2, 0.25) is 0 Å². The minimum Gasteiger partial charge on any atom is -0.486 e. The summed E-state index contributed by atoms with van der Waals surface area (Å²) in [5.41, 5.74) is 2.22. The third kappa shape index (κ3) is 4.39. The highest BCUT2D eigenvalue weighted by Crippen LogP contribution is 2.30. The first-order valence-electron chi connectivity index (χ1n) is 8.66. The summed E-state index contributed by atoms with van der Waals surface area (Å²) in [6.45, 7) is 1.37. The molecular weight excluding hydrogens is 330 g/mol. The number of urea groups is 1. The number of fused-ring (bicyclic) bond motifs is 1. The Morgan fingerprint density at radius 1 is 1.08 bits per heavy atom. The molecule has 0 aromatic heterocycles. The van der Waals surface area contributed by atoms with Crippen molar-refractivity contribution >= 4 is 11.7 Å². The van der Waals surface area contributed by atoms with Crippen LogP contribution in [0.15, 0.2) is 48.5 Å². The highest BCUT2D eigenvalue weighted by Gasteiger charge is 2.21. The maximum atomic E-state index is 12.3. The zero-order valence-corrected chi connectivity index (χ0v) is 15.4. The zero-order valence-electron chi connectivity index (χ0n) is 15.4. The number of carbonyl (C=O) groups excluding carboxylic acids is 1. The van der Waals surface area contributed by atoms with E-state index < -0.39 is 0 Å². The van der Waals surface area contributed by atoms with E-state index in [0.29, 0.717) is 25.4 Å². The molecule has 0 bridgehead atoms. The van der Waals surface area contributed by atoms with E-state index in [1.54, 1.807) is 11.9 Å². The van der Waals surface area contributed by atoms with Gasteiger partial charge in [0.1, 0.15) is 6.61 Å². The van der Waals surface area contributed by atoms with Crippen molar-refractivity contribution in [2.75, 3.05) is 39.2 Å². The topological polar surface area (TPSA) is 54.0 Å². The molecule has 0 radical (unpaired) electrons. The standard InChI is InChI=1S/C20H25N3O3/c1-22(2)16-10-8-15(9-11-16)13-23(3)20(24)21-12-17-14-25-18-6-4-5-7-19(18)26-17/h4-11,17H,12-14H2,1-3H3,(H,21,24)/t17-/m1/s1. The number of rotatable bonds is 5. The molecule has 0 unspecified atom stereocenters. The molecule has 3 rings (SSSR count). The Morgan fingerprint density at radius 2 is 1.77 bits per heavy atom. The molecular formula is C20H25N3O3. The summed E-state index contributed by atoms with van der Waals surface area (Å²) < 4.78 is 11.5. The molecule has 1 aliphatic heterocycles. The average molecular weight is 355 g/mol. The maximum absolute atomic E-state index is 12.3. The van der Waals surface area contributed by atoms with Crippen LogP contribution in [0.25, 0.3) is 0 Å². The van der Waals surface area contributed by atoms with Crippen LogP contribution in [0.5, 0.6) is 11.5 Å². The second kappa shape index (κ2) is 7.99. The lowest BCUT2D eigenvalue weighted by molar-refractivity contribution is 0.0904. The monoisotopic (exact) mass is 355 g/mol. The molecule has 2 aromatic rings. The third-order valence-electron chi connectivity index (χ3n) is 4.27.